The molecule has 3 nitrogen and oxygen atoms in total. The summed E-state index contributed by atoms with van der Waals surface area (Å²) in [5, 5.41) is 17.8. The van der Waals surface area contributed by atoms with Crippen LogP contribution < -0.4 is 4.74 Å². The quantitative estimate of drug-likeness (QED) is 0.139. The summed E-state index contributed by atoms with van der Waals surface area (Å²) in [4.78, 5) is 0. The number of hydrogen-bond acceptors (Lipinski definition) is 3. The second-order valence-corrected chi connectivity index (χ2v) is 20.8. The van der Waals surface area contributed by atoms with E-state index < -0.39 is 58.2 Å². The summed E-state index contributed by atoms with van der Waals surface area (Å²) in [5.74, 6) is 0.926. The van der Waals surface area contributed by atoms with Gasteiger partial charge in [-0.05, 0) is 195 Å². The normalized spacial score (nSPS) is 25.0. The Kier molecular flexibility index (Phi) is 20.6. The van der Waals surface area contributed by atoms with E-state index in [1.807, 2.05) is 0 Å². The molecule has 0 spiro atoms. The molecule has 13 heteroatoms. The largest absolute Gasteiger partial charge is 0.503 e. The molecule has 0 atom stereocenters. The number of alkyl halides is 6. The van der Waals surface area contributed by atoms with Gasteiger partial charge >= 0.3 is 12.4 Å². The van der Waals surface area contributed by atoms with E-state index in [0.717, 1.165) is 98.3 Å². The second kappa shape index (κ2) is 26.1. The molecule has 71 heavy (non-hydrogen) atoms. The first-order valence-electron chi connectivity index (χ1n) is 26.1. The summed E-state index contributed by atoms with van der Waals surface area (Å²) in [7, 11) is 0. The number of aliphatic hydroxyl groups is 1. The van der Waals surface area contributed by atoms with Gasteiger partial charge in [-0.2, -0.15) is 26.3 Å². The molecule has 0 radical (unpaired) electrons. The summed E-state index contributed by atoms with van der Waals surface area (Å²) in [5.41, 5.74) is 0.798. The van der Waals surface area contributed by atoms with Crippen molar-refractivity contribution in [1.82, 2.24) is 0 Å². The third-order valence-corrected chi connectivity index (χ3v) is 16.2. The molecule has 0 saturated heterocycles. The molecular weight excluding hydrogens is 935 g/mol. The Bertz CT molecular complexity index is 2160. The minimum absolute atomic E-state index is 0.149. The Morgan fingerprint density at radius 3 is 1.11 bits per heavy atom. The average Bonchev–Trinajstić information content (AvgIpc) is 3.36. The van der Waals surface area contributed by atoms with Crippen molar-refractivity contribution in [3.63, 3.8) is 0 Å². The molecule has 4 fully saturated rings. The lowest BCUT2D eigenvalue weighted by atomic mass is 9.68. The van der Waals surface area contributed by atoms with Gasteiger partial charge in [0.1, 0.15) is 6.61 Å². The highest BCUT2D eigenvalue weighted by atomic mass is 19.4. The molecule has 0 bridgehead atoms. The van der Waals surface area contributed by atoms with Crippen molar-refractivity contribution in [3.05, 3.63) is 129 Å². The van der Waals surface area contributed by atoms with E-state index in [1.54, 1.807) is 0 Å². The third-order valence-electron chi connectivity index (χ3n) is 16.2. The Morgan fingerprint density at radius 1 is 0.465 bits per heavy atom. The molecule has 4 aliphatic rings. The third kappa shape index (κ3) is 16.1. The monoisotopic (exact) mass is 1010 g/mol. The first-order valence-corrected chi connectivity index (χ1v) is 26.1. The number of rotatable bonds is 12. The molecule has 4 aliphatic carbocycles. The molecule has 4 saturated carbocycles. The van der Waals surface area contributed by atoms with E-state index in [0.29, 0.717) is 22.3 Å². The maximum atomic E-state index is 14.7. The van der Waals surface area contributed by atoms with Crippen LogP contribution in [0.1, 0.15) is 187 Å². The zero-order valence-electron chi connectivity index (χ0n) is 41.2. The van der Waals surface area contributed by atoms with Crippen LogP contribution in [-0.2, 0) is 25.6 Å². The van der Waals surface area contributed by atoms with Crippen LogP contribution in [0.3, 0.4) is 0 Å². The lowest BCUT2D eigenvalue weighted by Crippen LogP contribution is -2.25. The van der Waals surface area contributed by atoms with Crippen LogP contribution in [0.15, 0.2) is 72.8 Å². The van der Waals surface area contributed by atoms with Gasteiger partial charge in [0.15, 0.2) is 34.8 Å². The zero-order valence-corrected chi connectivity index (χ0v) is 41.2. The minimum atomic E-state index is -4.43. The molecule has 0 amide bonds. The van der Waals surface area contributed by atoms with Crippen LogP contribution >= 0.6 is 0 Å². The second-order valence-electron chi connectivity index (χ2n) is 20.8. The van der Waals surface area contributed by atoms with Gasteiger partial charge in [0, 0.05) is 0 Å². The standard InChI is InChI=1S/C29H35F5O.C21H30F2O.C8H7F3O/c1-2-3-19-4-8-21(9-5-19)22-10-12-23(13-11-22)24-16-26(30)28(27(31)17-24)35-18-20-6-14-25(15-7-20)29(32,33)34;1-2-3-14-4-6-15(7-5-14)16-8-10-17(11-9-16)18-12-19(22)21(24)20(23)13-18;9-8(10,11)7-3-1-6(5-12)2-4-7/h6-7,14-17,19,21-23H,2-5,8-13,18H2,1H3;12-17,24H,2-11H2,1H3;1-4,12H,5H2. The Hall–Kier alpha value is -4.26. The van der Waals surface area contributed by atoms with Gasteiger partial charge in [-0.3, -0.25) is 0 Å². The molecular formula is C58H72F10O3. The molecule has 0 heterocycles. The van der Waals surface area contributed by atoms with E-state index in [-0.39, 0.29) is 25.0 Å². The van der Waals surface area contributed by atoms with E-state index in [9.17, 15) is 49.0 Å². The highest BCUT2D eigenvalue weighted by Crippen LogP contribution is 2.47. The van der Waals surface area contributed by atoms with Gasteiger partial charge in [0.2, 0.25) is 0 Å². The maximum Gasteiger partial charge on any atom is 0.416 e. The van der Waals surface area contributed by atoms with Crippen molar-refractivity contribution < 1.29 is 58.9 Å². The van der Waals surface area contributed by atoms with Gasteiger partial charge < -0.3 is 14.9 Å². The van der Waals surface area contributed by atoms with Crippen molar-refractivity contribution in [2.45, 2.75) is 180 Å². The molecule has 0 aliphatic heterocycles. The summed E-state index contributed by atoms with van der Waals surface area (Å²) in [6.07, 6.45) is 16.0. The highest BCUT2D eigenvalue weighted by molar-refractivity contribution is 5.35. The number of aromatic hydroxyl groups is 1. The van der Waals surface area contributed by atoms with Crippen LogP contribution in [0.5, 0.6) is 11.5 Å². The molecule has 392 valence electrons. The molecule has 0 aromatic heterocycles. The molecule has 2 N–H and O–H groups in total. The number of phenolic OH excluding ortho intramolecular Hbond substituents is 1. The predicted molar refractivity (Wildman–Crippen MR) is 258 cm³/mol. The maximum absolute atomic E-state index is 14.7. The van der Waals surface area contributed by atoms with Gasteiger partial charge in [-0.1, -0.05) is 89.5 Å². The van der Waals surface area contributed by atoms with E-state index in [4.69, 9.17) is 9.84 Å². The highest BCUT2D eigenvalue weighted by Gasteiger charge is 2.34. The van der Waals surface area contributed by atoms with E-state index in [1.165, 1.54) is 138 Å². The number of halogens is 10. The first kappa shape index (κ1) is 56.0. The number of ether oxygens (including phenoxy) is 1. The average molecular weight is 1010 g/mol. The fourth-order valence-corrected chi connectivity index (χ4v) is 12.1. The predicted octanol–water partition coefficient (Wildman–Crippen LogP) is 18.2. The topological polar surface area (TPSA) is 49.7 Å². The van der Waals surface area contributed by atoms with Crippen molar-refractivity contribution >= 4 is 0 Å². The summed E-state index contributed by atoms with van der Waals surface area (Å²) in [6.45, 7) is 4.09. The van der Waals surface area contributed by atoms with Crippen LogP contribution in [0, 0.1) is 58.8 Å². The van der Waals surface area contributed by atoms with E-state index >= 15 is 0 Å². The Morgan fingerprint density at radius 2 is 0.789 bits per heavy atom. The van der Waals surface area contributed by atoms with Gasteiger partial charge in [0.05, 0.1) is 17.7 Å². The number of benzene rings is 4. The first-order chi connectivity index (χ1) is 33.9. The Labute approximate surface area is 413 Å². The minimum Gasteiger partial charge on any atom is -0.503 e. The fraction of sp³-hybridized carbons (Fsp3) is 0.586. The van der Waals surface area contributed by atoms with Gasteiger partial charge in [0.25, 0.3) is 0 Å². The van der Waals surface area contributed by atoms with Crippen LogP contribution in [-0.4, -0.2) is 10.2 Å². The van der Waals surface area contributed by atoms with Crippen LogP contribution in [0.25, 0.3) is 0 Å². The summed E-state index contributed by atoms with van der Waals surface area (Å²) in [6, 6.07) is 14.1. The van der Waals surface area contributed by atoms with Crippen molar-refractivity contribution in [1.29, 1.82) is 0 Å². The molecule has 8 rings (SSSR count). The zero-order chi connectivity index (χ0) is 51.3. The van der Waals surface area contributed by atoms with Gasteiger partial charge in [-0.25, -0.2) is 17.6 Å². The lowest BCUT2D eigenvalue weighted by Gasteiger charge is -2.38. The number of hydrogen-bond donors (Lipinski definition) is 2. The number of phenols is 1. The van der Waals surface area contributed by atoms with Gasteiger partial charge in [-0.15, -0.1) is 0 Å². The van der Waals surface area contributed by atoms with Crippen molar-refractivity contribution in [2.24, 2.45) is 35.5 Å². The van der Waals surface area contributed by atoms with Crippen LogP contribution in [0.2, 0.25) is 0 Å². The van der Waals surface area contributed by atoms with E-state index in [2.05, 4.69) is 13.8 Å². The molecule has 4 aromatic rings. The Balaban J connectivity index is 0.000000197. The summed E-state index contributed by atoms with van der Waals surface area (Å²) >= 11 is 0. The van der Waals surface area contributed by atoms with Crippen molar-refractivity contribution in [2.75, 3.05) is 0 Å². The smallest absolute Gasteiger partial charge is 0.416 e. The fourth-order valence-electron chi connectivity index (χ4n) is 12.1. The molecule has 0 unspecified atom stereocenters. The summed E-state index contributed by atoms with van der Waals surface area (Å²) < 4.78 is 136. The lowest BCUT2D eigenvalue weighted by molar-refractivity contribution is -0.138. The van der Waals surface area contributed by atoms with Crippen molar-refractivity contribution in [3.8, 4) is 11.5 Å². The van der Waals surface area contributed by atoms with Crippen LogP contribution in [0.4, 0.5) is 43.9 Å². The number of aliphatic hydroxyl groups excluding tert-OH is 1. The molecule has 4 aromatic carbocycles. The SMILES string of the molecule is CCCC1CCC(C2CCC(c3cc(F)c(O)c(F)c3)CC2)CC1.CCCC1CCC(C2CCC(c3cc(F)c(OCc4ccc(C(F)(F)F)cc4)c(F)c3)CC2)CC1.OCc1ccc(C(F)(F)F)cc1.